The van der Waals surface area contributed by atoms with Gasteiger partial charge in [0.2, 0.25) is 0 Å². The third-order valence-electron chi connectivity index (χ3n) is 3.75. The van der Waals surface area contributed by atoms with Crippen LogP contribution in [0.5, 0.6) is 0 Å². The SMILES string of the molecule is CCCNC(=S)N1CCC(NC(=O)c2ccc(F)cc2)CC1. The number of rotatable bonds is 4. The van der Waals surface area contributed by atoms with E-state index in [4.69, 9.17) is 12.2 Å². The van der Waals surface area contributed by atoms with Gasteiger partial charge >= 0.3 is 0 Å². The first-order valence-electron chi connectivity index (χ1n) is 7.69. The number of nitrogens with zero attached hydrogens (tertiary/aromatic N) is 1. The minimum absolute atomic E-state index is 0.141. The highest BCUT2D eigenvalue weighted by Gasteiger charge is 2.22. The maximum atomic E-state index is 12.9. The van der Waals surface area contributed by atoms with Gasteiger partial charge in [-0.2, -0.15) is 0 Å². The van der Waals surface area contributed by atoms with Crippen molar-refractivity contribution in [2.75, 3.05) is 19.6 Å². The van der Waals surface area contributed by atoms with Crippen LogP contribution in [0.1, 0.15) is 36.5 Å². The Morgan fingerprint density at radius 1 is 1.32 bits per heavy atom. The smallest absolute Gasteiger partial charge is 0.251 e. The fourth-order valence-corrected chi connectivity index (χ4v) is 2.73. The van der Waals surface area contributed by atoms with Crippen molar-refractivity contribution in [3.63, 3.8) is 0 Å². The van der Waals surface area contributed by atoms with Crippen LogP contribution in [0.15, 0.2) is 24.3 Å². The summed E-state index contributed by atoms with van der Waals surface area (Å²) < 4.78 is 12.9. The van der Waals surface area contributed by atoms with E-state index in [1.54, 1.807) is 0 Å². The number of likely N-dealkylation sites (tertiary alicyclic amines) is 1. The number of hydrogen-bond acceptors (Lipinski definition) is 2. The molecule has 6 heteroatoms. The summed E-state index contributed by atoms with van der Waals surface area (Å²) in [7, 11) is 0. The zero-order valence-electron chi connectivity index (χ0n) is 12.8. The molecule has 0 saturated carbocycles. The van der Waals surface area contributed by atoms with Crippen molar-refractivity contribution in [2.24, 2.45) is 0 Å². The Hall–Kier alpha value is -1.69. The molecule has 0 aromatic heterocycles. The molecule has 0 spiro atoms. The van der Waals surface area contributed by atoms with E-state index in [1.165, 1.54) is 24.3 Å². The number of benzene rings is 1. The van der Waals surface area contributed by atoms with E-state index < -0.39 is 0 Å². The molecule has 0 bridgehead atoms. The van der Waals surface area contributed by atoms with Crippen molar-refractivity contribution in [1.82, 2.24) is 15.5 Å². The zero-order chi connectivity index (χ0) is 15.9. The molecular weight excluding hydrogens is 301 g/mol. The third-order valence-corrected chi connectivity index (χ3v) is 4.15. The van der Waals surface area contributed by atoms with Crippen LogP contribution in [0.4, 0.5) is 4.39 Å². The molecule has 0 unspecified atom stereocenters. The molecule has 120 valence electrons. The number of hydrogen-bond donors (Lipinski definition) is 2. The van der Waals surface area contributed by atoms with Crippen molar-refractivity contribution in [3.05, 3.63) is 35.6 Å². The fraction of sp³-hybridized carbons (Fsp3) is 0.500. The lowest BCUT2D eigenvalue weighted by molar-refractivity contribution is 0.0922. The van der Waals surface area contributed by atoms with Crippen LogP contribution in [0.3, 0.4) is 0 Å². The molecule has 1 aromatic rings. The van der Waals surface area contributed by atoms with Crippen molar-refractivity contribution >= 4 is 23.2 Å². The topological polar surface area (TPSA) is 44.4 Å². The molecule has 1 saturated heterocycles. The summed E-state index contributed by atoms with van der Waals surface area (Å²) >= 11 is 5.35. The van der Waals surface area contributed by atoms with Crippen molar-refractivity contribution < 1.29 is 9.18 Å². The van der Waals surface area contributed by atoms with Crippen LogP contribution < -0.4 is 10.6 Å². The van der Waals surface area contributed by atoms with Gasteiger partial charge in [0.05, 0.1) is 0 Å². The second-order valence-electron chi connectivity index (χ2n) is 5.47. The molecule has 22 heavy (non-hydrogen) atoms. The van der Waals surface area contributed by atoms with Crippen molar-refractivity contribution in [2.45, 2.75) is 32.2 Å². The number of carbonyl (C=O) groups is 1. The maximum absolute atomic E-state index is 12.9. The molecular formula is C16H22FN3OS. The van der Waals surface area contributed by atoms with Crippen LogP contribution in [0.25, 0.3) is 0 Å². The molecule has 1 amide bonds. The number of halogens is 1. The summed E-state index contributed by atoms with van der Waals surface area (Å²) in [5, 5.41) is 7.03. The molecule has 4 nitrogen and oxygen atoms in total. The lowest BCUT2D eigenvalue weighted by Crippen LogP contribution is -2.49. The van der Waals surface area contributed by atoms with Gasteiger partial charge in [-0.15, -0.1) is 0 Å². The largest absolute Gasteiger partial charge is 0.363 e. The highest BCUT2D eigenvalue weighted by atomic mass is 32.1. The quantitative estimate of drug-likeness (QED) is 0.835. The van der Waals surface area contributed by atoms with E-state index >= 15 is 0 Å². The monoisotopic (exact) mass is 323 g/mol. The van der Waals surface area contributed by atoms with Crippen LogP contribution in [-0.4, -0.2) is 41.6 Å². The van der Waals surface area contributed by atoms with Crippen LogP contribution >= 0.6 is 12.2 Å². The predicted octanol–water partition coefficient (Wildman–Crippen LogP) is 2.30. The van der Waals surface area contributed by atoms with Gasteiger partial charge in [0.25, 0.3) is 5.91 Å². The van der Waals surface area contributed by atoms with E-state index in [1.807, 2.05) is 0 Å². The van der Waals surface area contributed by atoms with Gasteiger partial charge < -0.3 is 15.5 Å². The van der Waals surface area contributed by atoms with Crippen molar-refractivity contribution in [3.8, 4) is 0 Å². The van der Waals surface area contributed by atoms with Gasteiger partial charge in [-0.25, -0.2) is 4.39 Å². The lowest BCUT2D eigenvalue weighted by Gasteiger charge is -2.34. The van der Waals surface area contributed by atoms with Gasteiger partial charge in [-0.1, -0.05) is 6.92 Å². The average Bonchev–Trinajstić information content (AvgIpc) is 2.54. The maximum Gasteiger partial charge on any atom is 0.251 e. The Labute approximate surface area is 136 Å². The van der Waals surface area contributed by atoms with E-state index in [-0.39, 0.29) is 17.8 Å². The molecule has 1 heterocycles. The number of piperidine rings is 1. The number of nitrogens with one attached hydrogen (secondary N) is 2. The first-order valence-corrected chi connectivity index (χ1v) is 8.10. The first kappa shape index (κ1) is 16.7. The molecule has 2 rings (SSSR count). The second kappa shape index (κ2) is 8.08. The van der Waals surface area contributed by atoms with E-state index in [2.05, 4.69) is 22.5 Å². The van der Waals surface area contributed by atoms with Gasteiger partial charge in [0.15, 0.2) is 5.11 Å². The predicted molar refractivity (Wildman–Crippen MR) is 89.4 cm³/mol. The van der Waals surface area contributed by atoms with Crippen LogP contribution in [0.2, 0.25) is 0 Å². The highest BCUT2D eigenvalue weighted by Crippen LogP contribution is 2.12. The third kappa shape index (κ3) is 4.66. The zero-order valence-corrected chi connectivity index (χ0v) is 13.6. The molecule has 0 aliphatic carbocycles. The molecule has 0 radical (unpaired) electrons. The van der Waals surface area contributed by atoms with E-state index in [0.717, 1.165) is 44.0 Å². The summed E-state index contributed by atoms with van der Waals surface area (Å²) in [6.07, 6.45) is 2.77. The standard InChI is InChI=1S/C16H22FN3OS/c1-2-9-18-16(22)20-10-7-14(8-11-20)19-15(21)12-3-5-13(17)6-4-12/h3-6,14H,2,7-11H2,1H3,(H,18,22)(H,19,21). The van der Waals surface area contributed by atoms with Gasteiger partial charge in [0, 0.05) is 31.2 Å². The molecule has 2 N–H and O–H groups in total. The highest BCUT2D eigenvalue weighted by molar-refractivity contribution is 7.80. The summed E-state index contributed by atoms with van der Waals surface area (Å²) in [5.41, 5.74) is 0.490. The Morgan fingerprint density at radius 2 is 1.95 bits per heavy atom. The number of thiocarbonyl (C=S) groups is 1. The number of amides is 1. The molecule has 1 aliphatic heterocycles. The minimum atomic E-state index is -0.335. The van der Waals surface area contributed by atoms with E-state index in [0.29, 0.717) is 5.56 Å². The lowest BCUT2D eigenvalue weighted by atomic mass is 10.0. The van der Waals surface area contributed by atoms with E-state index in [9.17, 15) is 9.18 Å². The van der Waals surface area contributed by atoms with Crippen LogP contribution in [0, 0.1) is 5.82 Å². The average molecular weight is 323 g/mol. The second-order valence-corrected chi connectivity index (χ2v) is 5.86. The van der Waals surface area contributed by atoms with Gasteiger partial charge in [0.1, 0.15) is 5.82 Å². The fourth-order valence-electron chi connectivity index (χ4n) is 2.44. The van der Waals surface area contributed by atoms with Gasteiger partial charge in [-0.05, 0) is 55.7 Å². The van der Waals surface area contributed by atoms with Crippen molar-refractivity contribution in [1.29, 1.82) is 0 Å². The Bertz CT molecular complexity index is 513. The summed E-state index contributed by atoms with van der Waals surface area (Å²) in [4.78, 5) is 14.2. The Morgan fingerprint density at radius 3 is 2.55 bits per heavy atom. The molecule has 1 aliphatic rings. The normalized spacial score (nSPS) is 15.5. The molecule has 0 atom stereocenters. The Balaban J connectivity index is 1.78. The number of carbonyl (C=O) groups excluding carboxylic acids is 1. The van der Waals surface area contributed by atoms with Crippen LogP contribution in [-0.2, 0) is 0 Å². The summed E-state index contributed by atoms with van der Waals surface area (Å²) in [6.45, 7) is 4.67. The Kier molecular flexibility index (Phi) is 6.12. The summed E-state index contributed by atoms with van der Waals surface area (Å²) in [5.74, 6) is -0.483. The first-order chi connectivity index (χ1) is 10.6. The van der Waals surface area contributed by atoms with Gasteiger partial charge in [-0.3, -0.25) is 4.79 Å². The minimum Gasteiger partial charge on any atom is -0.363 e. The molecule has 1 fully saturated rings. The summed E-state index contributed by atoms with van der Waals surface area (Å²) in [6, 6.07) is 5.75. The molecule has 1 aromatic carbocycles.